The van der Waals surface area contributed by atoms with Crippen LogP contribution < -0.4 is 7.16 Å². The van der Waals surface area contributed by atoms with Gasteiger partial charge in [0.15, 0.2) is 0 Å². The molecule has 0 unspecified atom stereocenters. The van der Waals surface area contributed by atoms with Crippen molar-refractivity contribution in [3.05, 3.63) is 71.8 Å². The molecule has 0 amide bonds. The molecule has 4 rings (SSSR count). The van der Waals surface area contributed by atoms with E-state index in [-0.39, 0.29) is 0 Å². The van der Waals surface area contributed by atoms with Crippen LogP contribution in [-0.2, 0) is 0 Å². The average molecular weight is 652 g/mol. The van der Waals surface area contributed by atoms with Crippen molar-refractivity contribution in [2.24, 2.45) is 11.8 Å². The van der Waals surface area contributed by atoms with E-state index in [2.05, 4.69) is 110 Å². The Kier molecular flexibility index (Phi) is 13.7. The molecule has 1 heteroatoms. The second-order valence-corrected chi connectivity index (χ2v) is 24.5. The molecule has 0 aromatic heterocycles. The molecule has 0 nitrogen and oxygen atoms in total. The number of rotatable bonds is 10. The van der Waals surface area contributed by atoms with Crippen molar-refractivity contribution in [1.29, 1.82) is 0 Å². The second-order valence-electron chi connectivity index (χ2n) is 12.4. The fourth-order valence-corrected chi connectivity index (χ4v) is 23.6. The molecule has 216 valence electrons. The quantitative estimate of drug-likeness (QED) is 0.177. The van der Waals surface area contributed by atoms with E-state index in [1.165, 1.54) is 110 Å². The van der Waals surface area contributed by atoms with Crippen molar-refractivity contribution in [3.63, 3.8) is 0 Å². The summed E-state index contributed by atoms with van der Waals surface area (Å²) in [4.78, 5) is 0. The summed E-state index contributed by atoms with van der Waals surface area (Å²) in [7, 11) is 0. The van der Waals surface area contributed by atoms with Crippen molar-refractivity contribution in [2.45, 2.75) is 113 Å². The van der Waals surface area contributed by atoms with Crippen LogP contribution in [0.3, 0.4) is 0 Å². The van der Waals surface area contributed by atoms with E-state index in [0.717, 1.165) is 0 Å². The molecule has 0 N–H and O–H groups in total. The Labute approximate surface area is 256 Å². The van der Waals surface area contributed by atoms with Gasteiger partial charge < -0.3 is 0 Å². The topological polar surface area (TPSA) is 0 Å². The molecule has 2 saturated carbocycles. The molecule has 41 heavy (non-hydrogen) atoms. The Hall–Kier alpha value is -2.16. The first-order valence-electron chi connectivity index (χ1n) is 16.8. The van der Waals surface area contributed by atoms with Crippen LogP contribution in [0.5, 0.6) is 0 Å². The minimum absolute atomic E-state index is 0.593. The number of hydrogen-bond donors (Lipinski definition) is 0. The van der Waals surface area contributed by atoms with E-state index in [1.54, 1.807) is 7.16 Å². The van der Waals surface area contributed by atoms with E-state index in [0.29, 0.717) is 11.8 Å². The van der Waals surface area contributed by atoms with Gasteiger partial charge in [0.05, 0.1) is 0 Å². The standard InChI is InChI=1S/2C16H17.2C4H9.Sn/c2*1-3-9-15(10-4-1)13-7-8-14-16-11-5-2-6-12-16;2*1-3-4-2;/h2*1,3-4,7,9,13,16H,2,5-6,11-12H2;2*1,3-4H2,2H3;/b2*13-7-;;;. The number of hydrogen-bond acceptors (Lipinski definition) is 0. The Bertz CT molecular complexity index is 1150. The van der Waals surface area contributed by atoms with Gasteiger partial charge in [0.25, 0.3) is 0 Å². The van der Waals surface area contributed by atoms with Gasteiger partial charge in [-0.15, -0.1) is 0 Å². The van der Waals surface area contributed by atoms with Gasteiger partial charge in [-0.25, -0.2) is 0 Å². The summed E-state index contributed by atoms with van der Waals surface area (Å²) in [6.07, 6.45) is 27.3. The van der Waals surface area contributed by atoms with Crippen LogP contribution in [0.25, 0.3) is 12.2 Å². The van der Waals surface area contributed by atoms with Gasteiger partial charge in [0.2, 0.25) is 0 Å². The first kappa shape index (κ1) is 31.8. The summed E-state index contributed by atoms with van der Waals surface area (Å²) >= 11 is -3.10. The van der Waals surface area contributed by atoms with Crippen molar-refractivity contribution >= 4 is 37.7 Å². The summed E-state index contributed by atoms with van der Waals surface area (Å²) in [6, 6.07) is 18.7. The monoisotopic (exact) mass is 652 g/mol. The van der Waals surface area contributed by atoms with Crippen molar-refractivity contribution < 1.29 is 0 Å². The zero-order valence-corrected chi connectivity index (χ0v) is 28.8. The molecule has 2 aromatic carbocycles. The van der Waals surface area contributed by atoms with Crippen LogP contribution in [0.1, 0.15) is 115 Å². The first-order valence-corrected chi connectivity index (χ1v) is 23.7. The van der Waals surface area contributed by atoms with Crippen LogP contribution in [-0.4, -0.2) is 18.4 Å². The van der Waals surface area contributed by atoms with Gasteiger partial charge in [-0.05, 0) is 0 Å². The van der Waals surface area contributed by atoms with Gasteiger partial charge in [-0.1, -0.05) is 0 Å². The fourth-order valence-electron chi connectivity index (χ4n) is 7.01. The zero-order chi connectivity index (χ0) is 28.6. The number of unbranched alkanes of at least 4 members (excludes halogenated alkanes) is 2. The summed E-state index contributed by atoms with van der Waals surface area (Å²) in [5.41, 5.74) is 2.81. The van der Waals surface area contributed by atoms with Gasteiger partial charge in [-0.2, -0.15) is 0 Å². The Morgan fingerprint density at radius 2 is 1.02 bits per heavy atom. The third-order valence-corrected chi connectivity index (χ3v) is 24.7. The Morgan fingerprint density at radius 3 is 1.44 bits per heavy atom. The molecule has 0 bridgehead atoms. The first-order chi connectivity index (χ1) is 20.3. The van der Waals surface area contributed by atoms with Gasteiger partial charge in [-0.3, -0.25) is 0 Å². The van der Waals surface area contributed by atoms with Crippen LogP contribution in [0, 0.1) is 35.5 Å². The molecule has 2 aliphatic rings. The van der Waals surface area contributed by atoms with Gasteiger partial charge >= 0.3 is 258 Å². The number of benzene rings is 2. The van der Waals surface area contributed by atoms with Crippen molar-refractivity contribution in [2.75, 3.05) is 0 Å². The number of allylic oxidation sites excluding steroid dienone is 2. The van der Waals surface area contributed by atoms with Crippen LogP contribution >= 0.6 is 0 Å². The molecule has 0 saturated heterocycles. The van der Waals surface area contributed by atoms with Crippen molar-refractivity contribution in [3.8, 4) is 23.7 Å². The molecule has 0 spiro atoms. The maximum absolute atomic E-state index is 3.57. The summed E-state index contributed by atoms with van der Waals surface area (Å²) in [5.74, 6) is 15.2. The van der Waals surface area contributed by atoms with Crippen LogP contribution in [0.2, 0.25) is 8.87 Å². The van der Waals surface area contributed by atoms with E-state index < -0.39 is 18.4 Å². The van der Waals surface area contributed by atoms with E-state index in [9.17, 15) is 0 Å². The third kappa shape index (κ3) is 9.42. The zero-order valence-electron chi connectivity index (χ0n) is 25.9. The summed E-state index contributed by atoms with van der Waals surface area (Å²) in [5, 5.41) is 0. The summed E-state index contributed by atoms with van der Waals surface area (Å²) < 4.78 is 6.05. The normalized spacial score (nSPS) is 16.8. The molecule has 0 radical (unpaired) electrons. The fraction of sp³-hybridized carbons (Fsp3) is 0.500. The molecule has 2 aliphatic carbocycles. The molecule has 0 atom stereocenters. The second kappa shape index (κ2) is 17.7. The SMILES string of the molecule is CCC[CH2][Sn]([CH2]CCC)([c]1ccccc1/C=C\C#CC1CCCCC1)[c]1ccccc1/C=C\C#CC1CCCCC1. The molecule has 0 heterocycles. The van der Waals surface area contributed by atoms with Crippen LogP contribution in [0.15, 0.2) is 60.7 Å². The third-order valence-electron chi connectivity index (χ3n) is 9.34. The average Bonchev–Trinajstić information content (AvgIpc) is 3.03. The molecule has 0 aliphatic heterocycles. The molecule has 2 aromatic rings. The van der Waals surface area contributed by atoms with E-state index in [4.69, 9.17) is 0 Å². The Balaban J connectivity index is 1.71. The minimum atomic E-state index is -3.10. The molecular weight excluding hydrogens is 599 g/mol. The molecular formula is C40H52Sn. The predicted octanol–water partition coefficient (Wildman–Crippen LogP) is 10.0. The van der Waals surface area contributed by atoms with Crippen LogP contribution in [0.4, 0.5) is 0 Å². The molecule has 2 fully saturated rings. The maximum atomic E-state index is 3.57. The van der Waals surface area contributed by atoms with E-state index in [1.807, 2.05) is 0 Å². The van der Waals surface area contributed by atoms with Gasteiger partial charge in [0, 0.05) is 0 Å². The Morgan fingerprint density at radius 1 is 0.610 bits per heavy atom. The van der Waals surface area contributed by atoms with E-state index >= 15 is 0 Å². The summed E-state index contributed by atoms with van der Waals surface area (Å²) in [6.45, 7) is 4.71. The predicted molar refractivity (Wildman–Crippen MR) is 184 cm³/mol. The van der Waals surface area contributed by atoms with Crippen molar-refractivity contribution in [1.82, 2.24) is 0 Å². The van der Waals surface area contributed by atoms with Gasteiger partial charge in [0.1, 0.15) is 0 Å².